The van der Waals surface area contributed by atoms with Gasteiger partial charge < -0.3 is 11.1 Å². The van der Waals surface area contributed by atoms with Crippen LogP contribution in [-0.2, 0) is 6.42 Å². The van der Waals surface area contributed by atoms with Gasteiger partial charge in [0.1, 0.15) is 0 Å². The molecular weight excluding hydrogens is 152 g/mol. The Hall–Kier alpha value is -0.870. The lowest BCUT2D eigenvalue weighted by molar-refractivity contribution is 0.556. The highest BCUT2D eigenvalue weighted by Crippen LogP contribution is 1.91. The van der Waals surface area contributed by atoms with Gasteiger partial charge in [0.2, 0.25) is 0 Å². The van der Waals surface area contributed by atoms with E-state index in [2.05, 4.69) is 22.4 Å². The van der Waals surface area contributed by atoms with E-state index in [1.54, 1.807) is 6.20 Å². The van der Waals surface area contributed by atoms with E-state index in [1.807, 2.05) is 6.07 Å². The predicted octanol–water partition coefficient (Wildman–Crippen LogP) is -0.111. The number of hydrogen-bond acceptors (Lipinski definition) is 3. The molecule has 0 aromatic carbocycles. The summed E-state index contributed by atoms with van der Waals surface area (Å²) < 4.78 is 0. The number of nitrogens with zero attached hydrogens (tertiary/aromatic N) is 1. The Bertz CT molecular complexity index is 195. The lowest BCUT2D eigenvalue weighted by Gasteiger charge is -2.09. The van der Waals surface area contributed by atoms with Crippen LogP contribution in [0.5, 0.6) is 0 Å². The van der Waals surface area contributed by atoms with Crippen LogP contribution in [0.4, 0.5) is 0 Å². The highest BCUT2D eigenvalue weighted by molar-refractivity contribution is 4.97. The van der Waals surface area contributed by atoms with E-state index in [4.69, 9.17) is 5.73 Å². The zero-order chi connectivity index (χ0) is 8.81. The number of aromatic amines is 1. The minimum absolute atomic E-state index is 0.396. The van der Waals surface area contributed by atoms with E-state index in [0.29, 0.717) is 12.6 Å². The molecule has 1 atom stereocenters. The third kappa shape index (κ3) is 3.02. The van der Waals surface area contributed by atoms with Crippen molar-refractivity contribution in [3.8, 4) is 0 Å². The van der Waals surface area contributed by atoms with Gasteiger partial charge in [-0.15, -0.1) is 0 Å². The van der Waals surface area contributed by atoms with Crippen LogP contribution >= 0.6 is 0 Å². The van der Waals surface area contributed by atoms with Gasteiger partial charge in [-0.2, -0.15) is 5.10 Å². The van der Waals surface area contributed by atoms with E-state index in [-0.39, 0.29) is 0 Å². The molecule has 0 spiro atoms. The average Bonchev–Trinajstić information content (AvgIpc) is 2.57. The Morgan fingerprint density at radius 2 is 2.58 bits per heavy atom. The van der Waals surface area contributed by atoms with Crippen LogP contribution in [0.2, 0.25) is 0 Å². The molecule has 1 heterocycles. The van der Waals surface area contributed by atoms with Crippen molar-refractivity contribution in [1.29, 1.82) is 0 Å². The number of rotatable bonds is 5. The summed E-state index contributed by atoms with van der Waals surface area (Å²) in [5.41, 5.74) is 6.61. The van der Waals surface area contributed by atoms with E-state index >= 15 is 0 Å². The third-order valence-corrected chi connectivity index (χ3v) is 1.80. The molecule has 1 aromatic heterocycles. The molecule has 12 heavy (non-hydrogen) atoms. The lowest BCUT2D eigenvalue weighted by Crippen LogP contribution is -2.34. The standard InChI is InChI=1S/C8H16N4/c1-7(6-9)10-4-2-8-3-5-11-12-8/h3,5,7,10H,2,4,6,9H2,1H3,(H,11,12)/t7-/m1/s1. The predicted molar refractivity (Wildman–Crippen MR) is 48.8 cm³/mol. The molecule has 0 aliphatic rings. The molecule has 4 nitrogen and oxygen atoms in total. The quantitative estimate of drug-likeness (QED) is 0.574. The molecule has 0 saturated carbocycles. The fourth-order valence-corrected chi connectivity index (χ4v) is 0.960. The van der Waals surface area contributed by atoms with Crippen LogP contribution in [0.3, 0.4) is 0 Å². The third-order valence-electron chi connectivity index (χ3n) is 1.80. The van der Waals surface area contributed by atoms with Gasteiger partial charge in [-0.25, -0.2) is 0 Å². The summed E-state index contributed by atoms with van der Waals surface area (Å²) in [6, 6.07) is 2.38. The van der Waals surface area contributed by atoms with Gasteiger partial charge >= 0.3 is 0 Å². The summed E-state index contributed by atoms with van der Waals surface area (Å²) in [7, 11) is 0. The van der Waals surface area contributed by atoms with Crippen molar-refractivity contribution >= 4 is 0 Å². The molecule has 1 rings (SSSR count). The van der Waals surface area contributed by atoms with E-state index in [0.717, 1.165) is 18.7 Å². The molecule has 0 aliphatic carbocycles. The summed E-state index contributed by atoms with van der Waals surface area (Å²) >= 11 is 0. The smallest absolute Gasteiger partial charge is 0.0490 e. The molecule has 0 saturated heterocycles. The minimum atomic E-state index is 0.396. The average molecular weight is 168 g/mol. The summed E-state index contributed by atoms with van der Waals surface area (Å²) in [5.74, 6) is 0. The Balaban J connectivity index is 2.11. The molecule has 0 radical (unpaired) electrons. The highest BCUT2D eigenvalue weighted by Gasteiger charge is 1.97. The normalized spacial score (nSPS) is 13.2. The van der Waals surface area contributed by atoms with Crippen molar-refractivity contribution in [1.82, 2.24) is 15.5 Å². The van der Waals surface area contributed by atoms with E-state index in [9.17, 15) is 0 Å². The Kier molecular flexibility index (Phi) is 3.76. The molecule has 0 aliphatic heterocycles. The molecular formula is C8H16N4. The van der Waals surface area contributed by atoms with Gasteiger partial charge in [0.15, 0.2) is 0 Å². The molecule has 0 unspecified atom stereocenters. The largest absolute Gasteiger partial charge is 0.329 e. The van der Waals surface area contributed by atoms with Crippen LogP contribution in [0.15, 0.2) is 12.3 Å². The molecule has 1 aromatic rings. The molecule has 0 bridgehead atoms. The summed E-state index contributed by atoms with van der Waals surface area (Å²) in [5, 5.41) is 10.1. The molecule has 0 amide bonds. The van der Waals surface area contributed by atoms with Gasteiger partial charge in [0.25, 0.3) is 0 Å². The first-order valence-electron chi connectivity index (χ1n) is 4.24. The van der Waals surface area contributed by atoms with Gasteiger partial charge in [-0.3, -0.25) is 5.10 Å². The van der Waals surface area contributed by atoms with E-state index in [1.165, 1.54) is 0 Å². The second kappa shape index (κ2) is 4.90. The molecule has 4 N–H and O–H groups in total. The van der Waals surface area contributed by atoms with Gasteiger partial charge in [0.05, 0.1) is 0 Å². The zero-order valence-corrected chi connectivity index (χ0v) is 7.38. The van der Waals surface area contributed by atoms with Crippen LogP contribution in [-0.4, -0.2) is 29.3 Å². The Morgan fingerprint density at radius 1 is 1.75 bits per heavy atom. The second-order valence-electron chi connectivity index (χ2n) is 2.92. The Morgan fingerprint density at radius 3 is 3.17 bits per heavy atom. The maximum atomic E-state index is 5.45. The minimum Gasteiger partial charge on any atom is -0.329 e. The van der Waals surface area contributed by atoms with Gasteiger partial charge in [-0.1, -0.05) is 0 Å². The van der Waals surface area contributed by atoms with Crippen molar-refractivity contribution in [3.63, 3.8) is 0 Å². The van der Waals surface area contributed by atoms with Crippen molar-refractivity contribution in [2.24, 2.45) is 5.73 Å². The first kappa shape index (κ1) is 9.22. The van der Waals surface area contributed by atoms with Gasteiger partial charge in [0, 0.05) is 37.4 Å². The van der Waals surface area contributed by atoms with Crippen molar-refractivity contribution in [2.75, 3.05) is 13.1 Å². The number of nitrogens with two attached hydrogens (primary N) is 1. The molecule has 68 valence electrons. The van der Waals surface area contributed by atoms with Crippen molar-refractivity contribution < 1.29 is 0 Å². The lowest BCUT2D eigenvalue weighted by atomic mass is 10.3. The summed E-state index contributed by atoms with van der Waals surface area (Å²) in [4.78, 5) is 0. The Labute approximate surface area is 72.5 Å². The molecule has 4 heteroatoms. The van der Waals surface area contributed by atoms with Crippen LogP contribution in [0.25, 0.3) is 0 Å². The van der Waals surface area contributed by atoms with Gasteiger partial charge in [-0.05, 0) is 13.0 Å². The number of aromatic nitrogens is 2. The van der Waals surface area contributed by atoms with Crippen molar-refractivity contribution in [3.05, 3.63) is 18.0 Å². The topological polar surface area (TPSA) is 66.7 Å². The highest BCUT2D eigenvalue weighted by atomic mass is 15.1. The first-order valence-corrected chi connectivity index (χ1v) is 4.24. The maximum absolute atomic E-state index is 5.45. The van der Waals surface area contributed by atoms with Crippen LogP contribution in [0, 0.1) is 0 Å². The zero-order valence-electron chi connectivity index (χ0n) is 7.38. The SMILES string of the molecule is C[C@H](CN)NCCc1ccn[nH]1. The number of nitrogens with one attached hydrogen (secondary N) is 2. The fraction of sp³-hybridized carbons (Fsp3) is 0.625. The van der Waals surface area contributed by atoms with Crippen molar-refractivity contribution in [2.45, 2.75) is 19.4 Å². The second-order valence-corrected chi connectivity index (χ2v) is 2.92. The summed E-state index contributed by atoms with van der Waals surface area (Å²) in [6.07, 6.45) is 2.74. The number of hydrogen-bond donors (Lipinski definition) is 3. The van der Waals surface area contributed by atoms with Crippen LogP contribution in [0.1, 0.15) is 12.6 Å². The molecule has 0 fully saturated rings. The first-order chi connectivity index (χ1) is 5.83. The monoisotopic (exact) mass is 168 g/mol. The van der Waals surface area contributed by atoms with E-state index < -0.39 is 0 Å². The summed E-state index contributed by atoms with van der Waals surface area (Å²) in [6.45, 7) is 3.70. The fourth-order valence-electron chi connectivity index (χ4n) is 0.960. The maximum Gasteiger partial charge on any atom is 0.0490 e. The number of H-pyrrole nitrogens is 1. The van der Waals surface area contributed by atoms with Crippen LogP contribution < -0.4 is 11.1 Å².